The minimum atomic E-state index is -0.459. The first kappa shape index (κ1) is 12.9. The summed E-state index contributed by atoms with van der Waals surface area (Å²) in [6.45, 7) is 4.26. The van der Waals surface area contributed by atoms with Crippen LogP contribution in [0.25, 0.3) is 0 Å². The van der Waals surface area contributed by atoms with E-state index in [0.29, 0.717) is 6.10 Å². The first-order valence-electron chi connectivity index (χ1n) is 5.73. The van der Waals surface area contributed by atoms with Crippen LogP contribution >= 0.6 is 0 Å². The fraction of sp³-hybridized carbons (Fsp3) is 1.00. The predicted octanol–water partition coefficient (Wildman–Crippen LogP) is 0.672. The van der Waals surface area contributed by atoms with Crippen molar-refractivity contribution in [3.63, 3.8) is 0 Å². The minimum Gasteiger partial charge on any atom is -0.394 e. The lowest BCUT2D eigenvalue weighted by molar-refractivity contribution is -0.0338. The second-order valence-corrected chi connectivity index (χ2v) is 4.60. The zero-order valence-electron chi connectivity index (χ0n) is 9.58. The summed E-state index contributed by atoms with van der Waals surface area (Å²) in [6, 6.07) is 0. The Bertz CT molecular complexity index is 167. The number of ether oxygens (including phenoxy) is 2. The van der Waals surface area contributed by atoms with Crippen molar-refractivity contribution in [2.24, 2.45) is 5.73 Å². The van der Waals surface area contributed by atoms with Crippen LogP contribution in [0.4, 0.5) is 0 Å². The molecule has 0 radical (unpaired) electrons. The predicted molar refractivity (Wildman–Crippen MR) is 58.7 cm³/mol. The minimum absolute atomic E-state index is 0.0320. The van der Waals surface area contributed by atoms with Crippen LogP contribution < -0.4 is 5.73 Å². The van der Waals surface area contributed by atoms with Gasteiger partial charge in [0.2, 0.25) is 0 Å². The quantitative estimate of drug-likeness (QED) is 0.642. The van der Waals surface area contributed by atoms with Crippen molar-refractivity contribution in [1.82, 2.24) is 0 Å². The summed E-state index contributed by atoms with van der Waals surface area (Å²) in [7, 11) is 0. The van der Waals surface area contributed by atoms with Gasteiger partial charge in [0.25, 0.3) is 0 Å². The van der Waals surface area contributed by atoms with Gasteiger partial charge in [0, 0.05) is 25.4 Å². The van der Waals surface area contributed by atoms with Gasteiger partial charge in [-0.25, -0.2) is 0 Å². The molecule has 0 aliphatic carbocycles. The Kier molecular flexibility index (Phi) is 5.53. The van der Waals surface area contributed by atoms with Gasteiger partial charge >= 0.3 is 0 Å². The molecule has 1 heterocycles. The highest BCUT2D eigenvalue weighted by Crippen LogP contribution is 2.13. The van der Waals surface area contributed by atoms with Gasteiger partial charge in [-0.05, 0) is 32.6 Å². The monoisotopic (exact) mass is 217 g/mol. The second kappa shape index (κ2) is 6.43. The van der Waals surface area contributed by atoms with E-state index in [0.717, 1.165) is 45.5 Å². The first-order valence-corrected chi connectivity index (χ1v) is 5.73. The van der Waals surface area contributed by atoms with Crippen molar-refractivity contribution in [3.05, 3.63) is 0 Å². The van der Waals surface area contributed by atoms with Gasteiger partial charge in [0.1, 0.15) is 0 Å². The van der Waals surface area contributed by atoms with E-state index in [4.69, 9.17) is 20.3 Å². The average molecular weight is 217 g/mol. The first-order chi connectivity index (χ1) is 7.14. The third kappa shape index (κ3) is 5.47. The molecule has 1 atom stereocenters. The van der Waals surface area contributed by atoms with Crippen LogP contribution in [-0.4, -0.2) is 43.2 Å². The van der Waals surface area contributed by atoms with Crippen LogP contribution in [-0.2, 0) is 9.47 Å². The molecule has 90 valence electrons. The summed E-state index contributed by atoms with van der Waals surface area (Å²) < 4.78 is 11.0. The molecule has 3 N–H and O–H groups in total. The molecule has 0 bridgehead atoms. The molecule has 1 unspecified atom stereocenters. The summed E-state index contributed by atoms with van der Waals surface area (Å²) in [5.74, 6) is 0. The van der Waals surface area contributed by atoms with Gasteiger partial charge in [-0.2, -0.15) is 0 Å². The standard InChI is InChI=1S/C11H23NO3/c1-11(12,9-13)5-2-6-15-10-3-7-14-8-4-10/h10,13H,2-9,12H2,1H3. The molecule has 0 aromatic heterocycles. The lowest BCUT2D eigenvalue weighted by Gasteiger charge is -2.24. The number of rotatable bonds is 6. The summed E-state index contributed by atoms with van der Waals surface area (Å²) in [4.78, 5) is 0. The summed E-state index contributed by atoms with van der Waals surface area (Å²) in [6.07, 6.45) is 4.06. The van der Waals surface area contributed by atoms with E-state index in [-0.39, 0.29) is 6.61 Å². The van der Waals surface area contributed by atoms with Crippen LogP contribution in [0.5, 0.6) is 0 Å². The number of aliphatic hydroxyl groups is 1. The van der Waals surface area contributed by atoms with Crippen molar-refractivity contribution in [2.75, 3.05) is 26.4 Å². The van der Waals surface area contributed by atoms with Gasteiger partial charge in [-0.15, -0.1) is 0 Å². The van der Waals surface area contributed by atoms with Crippen LogP contribution in [0, 0.1) is 0 Å². The highest BCUT2D eigenvalue weighted by atomic mass is 16.5. The van der Waals surface area contributed by atoms with E-state index >= 15 is 0 Å². The van der Waals surface area contributed by atoms with Crippen LogP contribution in [0.15, 0.2) is 0 Å². The molecule has 1 rings (SSSR count). The lowest BCUT2D eigenvalue weighted by atomic mass is 9.99. The molecule has 0 saturated carbocycles. The maximum atomic E-state index is 8.96. The van der Waals surface area contributed by atoms with Crippen molar-refractivity contribution < 1.29 is 14.6 Å². The topological polar surface area (TPSA) is 64.7 Å². The van der Waals surface area contributed by atoms with Crippen LogP contribution in [0.2, 0.25) is 0 Å². The maximum Gasteiger partial charge on any atom is 0.0619 e. The molecular weight excluding hydrogens is 194 g/mol. The van der Waals surface area contributed by atoms with Crippen molar-refractivity contribution >= 4 is 0 Å². The Morgan fingerprint density at radius 1 is 1.47 bits per heavy atom. The zero-order valence-corrected chi connectivity index (χ0v) is 9.58. The van der Waals surface area contributed by atoms with E-state index in [1.807, 2.05) is 6.92 Å². The second-order valence-electron chi connectivity index (χ2n) is 4.60. The third-order valence-corrected chi connectivity index (χ3v) is 2.78. The van der Waals surface area contributed by atoms with E-state index in [9.17, 15) is 0 Å². The molecule has 1 aliphatic rings. The molecule has 1 saturated heterocycles. The Labute approximate surface area is 91.7 Å². The molecule has 1 aliphatic heterocycles. The number of nitrogens with two attached hydrogens (primary N) is 1. The molecule has 15 heavy (non-hydrogen) atoms. The Morgan fingerprint density at radius 2 is 2.13 bits per heavy atom. The Morgan fingerprint density at radius 3 is 2.73 bits per heavy atom. The number of hydrogen-bond acceptors (Lipinski definition) is 4. The van der Waals surface area contributed by atoms with Crippen molar-refractivity contribution in [2.45, 2.75) is 44.2 Å². The van der Waals surface area contributed by atoms with E-state index in [1.165, 1.54) is 0 Å². The highest BCUT2D eigenvalue weighted by molar-refractivity contribution is 4.76. The fourth-order valence-electron chi connectivity index (χ4n) is 1.65. The molecule has 4 heteroatoms. The van der Waals surface area contributed by atoms with E-state index < -0.39 is 5.54 Å². The van der Waals surface area contributed by atoms with Gasteiger partial charge in [-0.3, -0.25) is 0 Å². The summed E-state index contributed by atoms with van der Waals surface area (Å²) in [5, 5.41) is 8.96. The molecule has 4 nitrogen and oxygen atoms in total. The van der Waals surface area contributed by atoms with Gasteiger partial charge in [-0.1, -0.05) is 0 Å². The average Bonchev–Trinajstić information content (AvgIpc) is 2.26. The normalized spacial score (nSPS) is 22.6. The lowest BCUT2D eigenvalue weighted by Crippen LogP contribution is -2.40. The van der Waals surface area contributed by atoms with E-state index in [2.05, 4.69) is 0 Å². The number of hydrogen-bond donors (Lipinski definition) is 2. The van der Waals surface area contributed by atoms with Gasteiger partial charge in [0.15, 0.2) is 0 Å². The maximum absolute atomic E-state index is 8.96. The molecule has 0 amide bonds. The molecule has 0 aromatic carbocycles. The smallest absolute Gasteiger partial charge is 0.0619 e. The largest absolute Gasteiger partial charge is 0.394 e. The van der Waals surface area contributed by atoms with Gasteiger partial charge < -0.3 is 20.3 Å². The number of aliphatic hydroxyl groups excluding tert-OH is 1. The summed E-state index contributed by atoms with van der Waals surface area (Å²) in [5.41, 5.74) is 5.35. The van der Waals surface area contributed by atoms with Crippen molar-refractivity contribution in [1.29, 1.82) is 0 Å². The van der Waals surface area contributed by atoms with Gasteiger partial charge in [0.05, 0.1) is 12.7 Å². The molecular formula is C11H23NO3. The zero-order chi connectivity index (χ0) is 11.1. The highest BCUT2D eigenvalue weighted by Gasteiger charge is 2.17. The molecule has 0 aromatic rings. The third-order valence-electron chi connectivity index (χ3n) is 2.78. The Balaban J connectivity index is 2.00. The van der Waals surface area contributed by atoms with E-state index in [1.54, 1.807) is 0 Å². The van der Waals surface area contributed by atoms with Crippen molar-refractivity contribution in [3.8, 4) is 0 Å². The fourth-order valence-corrected chi connectivity index (χ4v) is 1.65. The Hall–Kier alpha value is -0.160. The molecule has 0 spiro atoms. The summed E-state index contributed by atoms with van der Waals surface area (Å²) >= 11 is 0. The molecule has 1 fully saturated rings. The van der Waals surface area contributed by atoms with Crippen LogP contribution in [0.3, 0.4) is 0 Å². The van der Waals surface area contributed by atoms with Crippen LogP contribution in [0.1, 0.15) is 32.6 Å². The SMILES string of the molecule is CC(N)(CO)CCCOC1CCOCC1.